The lowest BCUT2D eigenvalue weighted by atomic mass is 9.83. The van der Waals surface area contributed by atoms with Crippen LogP contribution >= 0.6 is 11.6 Å². The number of hydrogen-bond acceptors (Lipinski definition) is 2. The Bertz CT molecular complexity index is 1070. The minimum absolute atomic E-state index is 0.00693. The molecule has 2 aromatic carbocycles. The Balaban J connectivity index is 1.87. The number of pyridine rings is 2. The van der Waals surface area contributed by atoms with Gasteiger partial charge in [-0.05, 0) is 70.6 Å². The lowest BCUT2D eigenvalue weighted by Crippen LogP contribution is -2.08. The maximum atomic E-state index is 14.2. The number of hydrogen-bond donors (Lipinski definition) is 0. The van der Waals surface area contributed by atoms with E-state index in [-0.39, 0.29) is 11.7 Å². The zero-order valence-corrected chi connectivity index (χ0v) is 15.9. The van der Waals surface area contributed by atoms with Crippen LogP contribution < -0.4 is 0 Å². The van der Waals surface area contributed by atoms with Crippen molar-refractivity contribution in [3.05, 3.63) is 119 Å². The van der Waals surface area contributed by atoms with E-state index in [2.05, 4.69) is 22.1 Å². The molecule has 0 radical (unpaired) electrons. The van der Waals surface area contributed by atoms with E-state index in [1.807, 2.05) is 54.9 Å². The van der Waals surface area contributed by atoms with Crippen molar-refractivity contribution in [2.45, 2.75) is 12.3 Å². The van der Waals surface area contributed by atoms with E-state index < -0.39 is 0 Å². The molecule has 1 unspecified atom stereocenters. The van der Waals surface area contributed by atoms with Crippen molar-refractivity contribution in [1.29, 1.82) is 0 Å². The van der Waals surface area contributed by atoms with Gasteiger partial charge in [0.05, 0.1) is 0 Å². The minimum atomic E-state index is -0.273. The summed E-state index contributed by atoms with van der Waals surface area (Å²) in [4.78, 5) is 8.53. The Hall–Kier alpha value is -3.04. The molecule has 4 aromatic rings. The van der Waals surface area contributed by atoms with Gasteiger partial charge in [0.15, 0.2) is 0 Å². The van der Waals surface area contributed by atoms with E-state index in [0.717, 1.165) is 34.2 Å². The van der Waals surface area contributed by atoms with E-state index in [9.17, 15) is 4.39 Å². The minimum Gasteiger partial charge on any atom is -0.264 e. The molecular weight excluding hydrogens is 371 g/mol. The summed E-state index contributed by atoms with van der Waals surface area (Å²) in [7, 11) is 0. The molecule has 0 bridgehead atoms. The molecule has 0 spiro atoms. The molecule has 0 saturated heterocycles. The van der Waals surface area contributed by atoms with Crippen LogP contribution in [0.3, 0.4) is 0 Å². The molecule has 0 aliphatic carbocycles. The Morgan fingerprint density at radius 2 is 1.68 bits per heavy atom. The molecule has 0 saturated carbocycles. The molecule has 1 atom stereocenters. The van der Waals surface area contributed by atoms with Gasteiger partial charge in [-0.1, -0.05) is 41.9 Å². The standard InChI is InChI=1S/C24H18ClFN2/c25-20-7-1-5-18(13-20)24-14-21(26)8-9-22(24)23(19-6-3-11-28-16-19)12-17-4-2-10-27-15-17/h1-11,13-16,23H,12H2. The van der Waals surface area contributed by atoms with Gasteiger partial charge in [-0.15, -0.1) is 0 Å². The van der Waals surface area contributed by atoms with Crippen molar-refractivity contribution >= 4 is 11.6 Å². The van der Waals surface area contributed by atoms with Crippen molar-refractivity contribution in [3.8, 4) is 11.1 Å². The number of halogens is 2. The number of aromatic nitrogens is 2. The summed E-state index contributed by atoms with van der Waals surface area (Å²) < 4.78 is 14.2. The predicted molar refractivity (Wildman–Crippen MR) is 111 cm³/mol. The summed E-state index contributed by atoms with van der Waals surface area (Å²) in [6.07, 6.45) is 7.99. The maximum absolute atomic E-state index is 14.2. The first kappa shape index (κ1) is 18.3. The third-order valence-corrected chi connectivity index (χ3v) is 5.01. The summed E-state index contributed by atoms with van der Waals surface area (Å²) in [6, 6.07) is 20.4. The summed E-state index contributed by atoms with van der Waals surface area (Å²) in [5, 5.41) is 0.623. The third kappa shape index (κ3) is 4.10. The van der Waals surface area contributed by atoms with Gasteiger partial charge in [0.1, 0.15) is 5.82 Å². The maximum Gasteiger partial charge on any atom is 0.123 e. The second-order valence-electron chi connectivity index (χ2n) is 6.65. The van der Waals surface area contributed by atoms with Gasteiger partial charge in [0.2, 0.25) is 0 Å². The molecular formula is C24H18ClFN2. The van der Waals surface area contributed by atoms with Crippen LogP contribution in [0.2, 0.25) is 5.02 Å². The first-order valence-corrected chi connectivity index (χ1v) is 9.43. The molecule has 0 aliphatic rings. The lowest BCUT2D eigenvalue weighted by molar-refractivity contribution is 0.626. The number of nitrogens with zero attached hydrogens (tertiary/aromatic N) is 2. The van der Waals surface area contributed by atoms with E-state index in [4.69, 9.17) is 11.6 Å². The summed E-state index contributed by atoms with van der Waals surface area (Å²) in [6.45, 7) is 0. The predicted octanol–water partition coefficient (Wildman–Crippen LogP) is 6.31. The highest BCUT2D eigenvalue weighted by atomic mass is 35.5. The highest BCUT2D eigenvalue weighted by Crippen LogP contribution is 2.36. The van der Waals surface area contributed by atoms with Crippen LogP contribution in [0.15, 0.2) is 91.5 Å². The van der Waals surface area contributed by atoms with E-state index in [1.54, 1.807) is 18.5 Å². The Morgan fingerprint density at radius 3 is 2.39 bits per heavy atom. The first-order valence-electron chi connectivity index (χ1n) is 9.05. The van der Waals surface area contributed by atoms with Crippen LogP contribution in [-0.2, 0) is 6.42 Å². The molecule has 0 fully saturated rings. The summed E-state index contributed by atoms with van der Waals surface area (Å²) >= 11 is 6.20. The van der Waals surface area contributed by atoms with Gasteiger partial charge in [-0.2, -0.15) is 0 Å². The molecule has 4 rings (SSSR count). The number of rotatable bonds is 5. The molecule has 0 N–H and O–H groups in total. The fraction of sp³-hybridized carbons (Fsp3) is 0.0833. The Labute approximate surface area is 168 Å². The average Bonchev–Trinajstić information content (AvgIpc) is 2.74. The van der Waals surface area contributed by atoms with Crippen LogP contribution in [0.25, 0.3) is 11.1 Å². The van der Waals surface area contributed by atoms with Crippen molar-refractivity contribution in [2.75, 3.05) is 0 Å². The second kappa shape index (κ2) is 8.32. The zero-order valence-electron chi connectivity index (χ0n) is 15.1. The molecule has 0 aliphatic heterocycles. The fourth-order valence-electron chi connectivity index (χ4n) is 3.48. The molecule has 28 heavy (non-hydrogen) atoms. The van der Waals surface area contributed by atoms with Crippen LogP contribution in [0.1, 0.15) is 22.6 Å². The summed E-state index contributed by atoms with van der Waals surface area (Å²) in [5.41, 5.74) is 4.93. The van der Waals surface area contributed by atoms with Crippen LogP contribution in [0, 0.1) is 5.82 Å². The molecule has 2 aromatic heterocycles. The highest BCUT2D eigenvalue weighted by Gasteiger charge is 2.20. The normalized spacial score (nSPS) is 11.9. The van der Waals surface area contributed by atoms with Crippen LogP contribution in [-0.4, -0.2) is 9.97 Å². The second-order valence-corrected chi connectivity index (χ2v) is 7.08. The zero-order chi connectivity index (χ0) is 19.3. The van der Waals surface area contributed by atoms with E-state index in [1.165, 1.54) is 6.07 Å². The van der Waals surface area contributed by atoms with E-state index in [0.29, 0.717) is 5.02 Å². The summed E-state index contributed by atoms with van der Waals surface area (Å²) in [5.74, 6) is -0.266. The Kier molecular flexibility index (Phi) is 5.45. The van der Waals surface area contributed by atoms with Crippen molar-refractivity contribution in [3.63, 3.8) is 0 Å². The molecule has 138 valence electrons. The van der Waals surface area contributed by atoms with Crippen LogP contribution in [0.4, 0.5) is 4.39 Å². The average molecular weight is 389 g/mol. The van der Waals surface area contributed by atoms with E-state index >= 15 is 0 Å². The Morgan fingerprint density at radius 1 is 0.857 bits per heavy atom. The van der Waals surface area contributed by atoms with Gasteiger partial charge < -0.3 is 0 Å². The highest BCUT2D eigenvalue weighted by molar-refractivity contribution is 6.30. The van der Waals surface area contributed by atoms with Crippen molar-refractivity contribution < 1.29 is 4.39 Å². The van der Waals surface area contributed by atoms with Gasteiger partial charge >= 0.3 is 0 Å². The smallest absolute Gasteiger partial charge is 0.123 e. The molecule has 0 amide bonds. The van der Waals surface area contributed by atoms with Gasteiger partial charge in [-0.25, -0.2) is 4.39 Å². The lowest BCUT2D eigenvalue weighted by Gasteiger charge is -2.21. The quantitative estimate of drug-likeness (QED) is 0.400. The molecule has 4 heteroatoms. The fourth-order valence-corrected chi connectivity index (χ4v) is 3.67. The first-order chi connectivity index (χ1) is 13.7. The monoisotopic (exact) mass is 388 g/mol. The van der Waals surface area contributed by atoms with Gasteiger partial charge in [0, 0.05) is 35.7 Å². The van der Waals surface area contributed by atoms with Gasteiger partial charge in [-0.3, -0.25) is 9.97 Å². The van der Waals surface area contributed by atoms with Gasteiger partial charge in [0.25, 0.3) is 0 Å². The van der Waals surface area contributed by atoms with Crippen molar-refractivity contribution in [1.82, 2.24) is 9.97 Å². The molecule has 2 heterocycles. The SMILES string of the molecule is Fc1ccc(C(Cc2cccnc2)c2cccnc2)c(-c2cccc(Cl)c2)c1. The topological polar surface area (TPSA) is 25.8 Å². The van der Waals surface area contributed by atoms with Crippen molar-refractivity contribution in [2.24, 2.45) is 0 Å². The number of benzene rings is 2. The van der Waals surface area contributed by atoms with Crippen LogP contribution in [0.5, 0.6) is 0 Å². The largest absolute Gasteiger partial charge is 0.264 e. The third-order valence-electron chi connectivity index (χ3n) is 4.78. The molecule has 2 nitrogen and oxygen atoms in total.